The van der Waals surface area contributed by atoms with Crippen molar-refractivity contribution in [2.75, 3.05) is 13.1 Å². The molecule has 0 radical (unpaired) electrons. The molecule has 2 heterocycles. The van der Waals surface area contributed by atoms with Gasteiger partial charge in [0.05, 0.1) is 5.25 Å². The minimum atomic E-state index is -0.915. The van der Waals surface area contributed by atoms with E-state index in [4.69, 9.17) is 0 Å². The van der Waals surface area contributed by atoms with Crippen LogP contribution in [0, 0.1) is 0 Å². The number of thioether (sulfide) groups is 1. The van der Waals surface area contributed by atoms with Crippen LogP contribution in [0.1, 0.15) is 31.7 Å². The second-order valence-electron chi connectivity index (χ2n) is 5.23. The fourth-order valence-corrected chi connectivity index (χ4v) is 4.13. The highest BCUT2D eigenvalue weighted by Gasteiger charge is 2.50. The second-order valence-corrected chi connectivity index (χ2v) is 6.54. The van der Waals surface area contributed by atoms with Gasteiger partial charge < -0.3 is 10.0 Å². The third-order valence-electron chi connectivity index (χ3n) is 3.98. The number of hydrogen-bond acceptors (Lipinski definition) is 4. The van der Waals surface area contributed by atoms with Gasteiger partial charge in [-0.3, -0.25) is 4.99 Å². The van der Waals surface area contributed by atoms with Crippen LogP contribution >= 0.6 is 11.8 Å². The van der Waals surface area contributed by atoms with Gasteiger partial charge in [0.15, 0.2) is 10.9 Å². The van der Waals surface area contributed by atoms with E-state index >= 15 is 0 Å². The average Bonchev–Trinajstić information content (AvgIpc) is 2.64. The lowest BCUT2D eigenvalue weighted by Crippen LogP contribution is -2.48. The highest BCUT2D eigenvalue weighted by atomic mass is 32.2. The third kappa shape index (κ3) is 2.17. The summed E-state index contributed by atoms with van der Waals surface area (Å²) < 4.78 is 0. The topological polar surface area (TPSA) is 35.8 Å². The van der Waals surface area contributed by atoms with Crippen molar-refractivity contribution in [3.05, 3.63) is 35.9 Å². The Morgan fingerprint density at radius 2 is 2.05 bits per heavy atom. The quantitative estimate of drug-likeness (QED) is 0.857. The van der Waals surface area contributed by atoms with E-state index in [-0.39, 0.29) is 5.25 Å². The highest BCUT2D eigenvalue weighted by Crippen LogP contribution is 2.45. The van der Waals surface area contributed by atoms with E-state index in [9.17, 15) is 5.11 Å². The minimum Gasteiger partial charge on any atom is -0.366 e. The first-order valence-corrected chi connectivity index (χ1v) is 7.87. The SMILES string of the molecule is CC1SC2=NCCCCCN2C1(O)c1ccccc1. The van der Waals surface area contributed by atoms with E-state index in [2.05, 4.69) is 16.8 Å². The Bertz CT molecular complexity index is 476. The largest absolute Gasteiger partial charge is 0.366 e. The fraction of sp³-hybridized carbons (Fsp3) is 0.533. The molecule has 4 heteroatoms. The molecule has 1 aromatic carbocycles. The monoisotopic (exact) mass is 276 g/mol. The summed E-state index contributed by atoms with van der Waals surface area (Å²) in [4.78, 5) is 6.77. The number of aliphatic hydroxyl groups is 1. The van der Waals surface area contributed by atoms with Gasteiger partial charge in [-0.15, -0.1) is 0 Å². The van der Waals surface area contributed by atoms with Crippen LogP contribution in [0.25, 0.3) is 0 Å². The lowest BCUT2D eigenvalue weighted by Gasteiger charge is -2.37. The number of rotatable bonds is 1. The number of aliphatic imine (C=N–C) groups is 1. The number of fused-ring (bicyclic) bond motifs is 1. The zero-order valence-electron chi connectivity index (χ0n) is 11.2. The van der Waals surface area contributed by atoms with Crippen molar-refractivity contribution in [1.29, 1.82) is 0 Å². The normalized spacial score (nSPS) is 31.4. The maximum atomic E-state index is 11.3. The predicted octanol–water partition coefficient (Wildman–Crippen LogP) is 2.81. The summed E-state index contributed by atoms with van der Waals surface area (Å²) in [6.07, 6.45) is 3.48. The molecule has 0 saturated carbocycles. The van der Waals surface area contributed by atoms with Gasteiger partial charge in [0, 0.05) is 18.7 Å². The minimum absolute atomic E-state index is 0.103. The number of benzene rings is 1. The zero-order valence-corrected chi connectivity index (χ0v) is 12.1. The van der Waals surface area contributed by atoms with Crippen molar-refractivity contribution in [2.45, 2.75) is 37.2 Å². The van der Waals surface area contributed by atoms with Crippen LogP contribution in [-0.4, -0.2) is 33.5 Å². The fourth-order valence-electron chi connectivity index (χ4n) is 2.87. The van der Waals surface area contributed by atoms with Crippen LogP contribution in [0.3, 0.4) is 0 Å². The van der Waals surface area contributed by atoms with E-state index in [0.717, 1.165) is 36.7 Å². The van der Waals surface area contributed by atoms with Gasteiger partial charge in [-0.1, -0.05) is 42.1 Å². The summed E-state index contributed by atoms with van der Waals surface area (Å²) in [7, 11) is 0. The lowest BCUT2D eigenvalue weighted by molar-refractivity contribution is -0.0681. The Balaban J connectivity index is 2.02. The van der Waals surface area contributed by atoms with Crippen molar-refractivity contribution in [1.82, 2.24) is 4.90 Å². The summed E-state index contributed by atoms with van der Waals surface area (Å²) in [5.41, 5.74) is 0.0584. The molecule has 3 nitrogen and oxygen atoms in total. The van der Waals surface area contributed by atoms with Crippen LogP contribution < -0.4 is 0 Å². The molecule has 1 aromatic rings. The number of amidine groups is 1. The molecule has 0 spiro atoms. The average molecular weight is 276 g/mol. The Morgan fingerprint density at radius 3 is 2.84 bits per heavy atom. The Hall–Kier alpha value is -1.00. The van der Waals surface area contributed by atoms with Crippen LogP contribution in [-0.2, 0) is 5.72 Å². The molecule has 2 atom stereocenters. The summed E-state index contributed by atoms with van der Waals surface area (Å²) in [5.74, 6) is 0. The molecule has 3 rings (SSSR count). The van der Waals surface area contributed by atoms with Gasteiger partial charge in [-0.05, 0) is 26.2 Å². The molecule has 1 N–H and O–H groups in total. The van der Waals surface area contributed by atoms with Crippen LogP contribution in [0.15, 0.2) is 35.3 Å². The van der Waals surface area contributed by atoms with E-state index in [0.29, 0.717) is 0 Å². The van der Waals surface area contributed by atoms with Gasteiger partial charge in [0.2, 0.25) is 0 Å². The molecule has 0 aliphatic carbocycles. The van der Waals surface area contributed by atoms with Gasteiger partial charge >= 0.3 is 0 Å². The molecular weight excluding hydrogens is 256 g/mol. The van der Waals surface area contributed by atoms with Gasteiger partial charge in [-0.25, -0.2) is 0 Å². The molecule has 0 bridgehead atoms. The molecule has 0 amide bonds. The van der Waals surface area contributed by atoms with Crippen molar-refractivity contribution < 1.29 is 5.11 Å². The first kappa shape index (κ1) is 13.0. The van der Waals surface area contributed by atoms with Gasteiger partial charge in [-0.2, -0.15) is 0 Å². The lowest BCUT2D eigenvalue weighted by atomic mass is 9.97. The van der Waals surface area contributed by atoms with E-state index < -0.39 is 5.72 Å². The Kier molecular flexibility index (Phi) is 3.54. The zero-order chi connectivity index (χ0) is 13.3. The maximum absolute atomic E-state index is 11.3. The summed E-state index contributed by atoms with van der Waals surface area (Å²) in [6, 6.07) is 9.99. The summed E-state index contributed by atoms with van der Waals surface area (Å²) in [6.45, 7) is 3.86. The molecular formula is C15H20N2OS. The van der Waals surface area contributed by atoms with Gasteiger partial charge in [0.1, 0.15) is 0 Å². The molecule has 19 heavy (non-hydrogen) atoms. The summed E-state index contributed by atoms with van der Waals surface area (Å²) in [5, 5.41) is 12.4. The highest BCUT2D eigenvalue weighted by molar-refractivity contribution is 8.14. The van der Waals surface area contributed by atoms with E-state index in [1.54, 1.807) is 11.8 Å². The van der Waals surface area contributed by atoms with E-state index in [1.807, 2.05) is 30.3 Å². The molecule has 0 aromatic heterocycles. The standard InChI is InChI=1S/C15H20N2OS/c1-12-15(18,13-8-4-2-5-9-13)17-11-7-3-6-10-16-14(17)19-12/h2,4-5,8-9,12,18H,3,6-7,10-11H2,1H3. The molecule has 1 saturated heterocycles. The second kappa shape index (κ2) is 5.17. The van der Waals surface area contributed by atoms with Crippen LogP contribution in [0.5, 0.6) is 0 Å². The molecule has 2 aliphatic rings. The molecule has 102 valence electrons. The maximum Gasteiger partial charge on any atom is 0.178 e. The third-order valence-corrected chi connectivity index (χ3v) is 5.22. The first-order chi connectivity index (χ1) is 9.23. The van der Waals surface area contributed by atoms with Crippen molar-refractivity contribution in [2.24, 2.45) is 4.99 Å². The van der Waals surface area contributed by atoms with Crippen LogP contribution in [0.4, 0.5) is 0 Å². The Morgan fingerprint density at radius 1 is 1.26 bits per heavy atom. The van der Waals surface area contributed by atoms with Crippen molar-refractivity contribution >= 4 is 16.9 Å². The summed E-state index contributed by atoms with van der Waals surface area (Å²) >= 11 is 1.70. The van der Waals surface area contributed by atoms with E-state index in [1.165, 1.54) is 6.42 Å². The van der Waals surface area contributed by atoms with Gasteiger partial charge in [0.25, 0.3) is 0 Å². The number of nitrogens with zero attached hydrogens (tertiary/aromatic N) is 2. The van der Waals surface area contributed by atoms with Crippen molar-refractivity contribution in [3.63, 3.8) is 0 Å². The van der Waals surface area contributed by atoms with Crippen molar-refractivity contribution in [3.8, 4) is 0 Å². The van der Waals surface area contributed by atoms with Crippen LogP contribution in [0.2, 0.25) is 0 Å². The first-order valence-electron chi connectivity index (χ1n) is 6.99. The Labute approximate surface area is 118 Å². The number of hydrogen-bond donors (Lipinski definition) is 1. The predicted molar refractivity (Wildman–Crippen MR) is 80.3 cm³/mol. The smallest absolute Gasteiger partial charge is 0.178 e. The molecule has 2 unspecified atom stereocenters. The molecule has 1 fully saturated rings. The molecule has 2 aliphatic heterocycles.